The molecule has 1 saturated heterocycles. The van der Waals surface area contributed by atoms with Crippen LogP contribution in [0.2, 0.25) is 0 Å². The Hall–Kier alpha value is -3.42. The molecule has 0 radical (unpaired) electrons. The number of carbonyl (C=O) groups excluding carboxylic acids is 2. The summed E-state index contributed by atoms with van der Waals surface area (Å²) in [6.07, 6.45) is 5.57. The second kappa shape index (κ2) is 12.0. The molecule has 0 spiro atoms. The third kappa shape index (κ3) is 6.17. The Morgan fingerprint density at radius 3 is 2.63 bits per heavy atom. The first kappa shape index (κ1) is 26.2. The van der Waals surface area contributed by atoms with E-state index in [-0.39, 0.29) is 24.2 Å². The predicted molar refractivity (Wildman–Crippen MR) is 152 cm³/mol. The maximum Gasteiger partial charge on any atom is 0.265 e. The Morgan fingerprint density at radius 2 is 1.87 bits per heavy atom. The summed E-state index contributed by atoms with van der Waals surface area (Å²) < 4.78 is 13.5. The predicted octanol–water partition coefficient (Wildman–Crippen LogP) is 6.11. The van der Waals surface area contributed by atoms with Crippen molar-refractivity contribution in [2.24, 2.45) is 0 Å². The molecular formula is C31H32FN3O2S. The van der Waals surface area contributed by atoms with Gasteiger partial charge in [0.15, 0.2) is 0 Å². The lowest BCUT2D eigenvalue weighted by Crippen LogP contribution is -2.42. The summed E-state index contributed by atoms with van der Waals surface area (Å²) in [5, 5.41) is 3.05. The number of carbonyl (C=O) groups is 2. The standard InChI is InChI=1S/C31H32FN3O2S/c1-22-7-5-6-17-34(22)18-16-33-30(36)25-12-15-28-27(20-25)35(21-24-10-13-26(32)14-11-24)31(37)29(38-28)19-23-8-3-2-4-9-23/h2-4,8-15,19-20,22H,5-7,16-18,21H2,1H3,(H,33,36)/b29-19-/t22-/m0/s1. The van der Waals surface area contributed by atoms with Crippen molar-refractivity contribution < 1.29 is 14.0 Å². The first-order chi connectivity index (χ1) is 18.5. The van der Waals surface area contributed by atoms with Crippen molar-refractivity contribution in [1.82, 2.24) is 10.2 Å². The van der Waals surface area contributed by atoms with Crippen LogP contribution in [-0.2, 0) is 11.3 Å². The minimum atomic E-state index is -0.322. The molecule has 1 N–H and O–H groups in total. The fourth-order valence-corrected chi connectivity index (χ4v) is 6.03. The van der Waals surface area contributed by atoms with E-state index in [0.717, 1.165) is 29.1 Å². The summed E-state index contributed by atoms with van der Waals surface area (Å²) in [7, 11) is 0. The van der Waals surface area contributed by atoms with Gasteiger partial charge in [0.1, 0.15) is 5.82 Å². The Balaban J connectivity index is 1.38. The molecule has 5 nitrogen and oxygen atoms in total. The van der Waals surface area contributed by atoms with Crippen LogP contribution in [0, 0.1) is 5.82 Å². The van der Waals surface area contributed by atoms with Crippen molar-refractivity contribution in [3.63, 3.8) is 0 Å². The number of hydrogen-bond acceptors (Lipinski definition) is 4. The highest BCUT2D eigenvalue weighted by Crippen LogP contribution is 2.43. The maximum absolute atomic E-state index is 13.7. The van der Waals surface area contributed by atoms with E-state index in [2.05, 4.69) is 17.1 Å². The molecule has 1 fully saturated rings. The lowest BCUT2D eigenvalue weighted by molar-refractivity contribution is -0.114. The molecule has 3 aromatic carbocycles. The second-order valence-electron chi connectivity index (χ2n) is 9.86. The van der Waals surface area contributed by atoms with Gasteiger partial charge in [0.2, 0.25) is 0 Å². The number of likely N-dealkylation sites (tertiary alicyclic amines) is 1. The molecule has 38 heavy (non-hydrogen) atoms. The van der Waals surface area contributed by atoms with E-state index in [1.165, 1.54) is 43.2 Å². The summed E-state index contributed by atoms with van der Waals surface area (Å²) in [5.41, 5.74) is 2.95. The number of rotatable bonds is 7. The zero-order valence-corrected chi connectivity index (χ0v) is 22.3. The minimum Gasteiger partial charge on any atom is -0.351 e. The number of benzene rings is 3. The van der Waals surface area contributed by atoms with Gasteiger partial charge >= 0.3 is 0 Å². The van der Waals surface area contributed by atoms with Gasteiger partial charge in [0.05, 0.1) is 17.1 Å². The van der Waals surface area contributed by atoms with Crippen molar-refractivity contribution in [1.29, 1.82) is 0 Å². The number of fused-ring (bicyclic) bond motifs is 1. The Bertz CT molecular complexity index is 1330. The van der Waals surface area contributed by atoms with E-state index in [4.69, 9.17) is 0 Å². The topological polar surface area (TPSA) is 52.7 Å². The highest BCUT2D eigenvalue weighted by Gasteiger charge is 2.30. The summed E-state index contributed by atoms with van der Waals surface area (Å²) in [4.78, 5) is 32.3. The second-order valence-corrected chi connectivity index (χ2v) is 10.9. The molecule has 2 heterocycles. The van der Waals surface area contributed by atoms with Crippen molar-refractivity contribution in [2.45, 2.75) is 43.7 Å². The molecular weight excluding hydrogens is 497 g/mol. The van der Waals surface area contributed by atoms with Crippen LogP contribution in [0.25, 0.3) is 6.08 Å². The monoisotopic (exact) mass is 529 g/mol. The molecule has 3 aromatic rings. The van der Waals surface area contributed by atoms with Gasteiger partial charge in [0, 0.05) is 29.6 Å². The molecule has 0 aliphatic carbocycles. The highest BCUT2D eigenvalue weighted by molar-refractivity contribution is 8.04. The largest absolute Gasteiger partial charge is 0.351 e. The molecule has 1 atom stereocenters. The number of amides is 2. The Kier molecular flexibility index (Phi) is 8.25. The van der Waals surface area contributed by atoms with Gasteiger partial charge in [-0.1, -0.05) is 60.6 Å². The number of nitrogens with one attached hydrogen (secondary N) is 1. The van der Waals surface area contributed by atoms with E-state index < -0.39 is 0 Å². The minimum absolute atomic E-state index is 0.146. The van der Waals surface area contributed by atoms with Gasteiger partial charge in [-0.05, 0) is 73.8 Å². The molecule has 0 aromatic heterocycles. The van der Waals surface area contributed by atoms with Crippen LogP contribution in [0.5, 0.6) is 0 Å². The summed E-state index contributed by atoms with van der Waals surface area (Å²) in [6.45, 7) is 5.01. The molecule has 2 aliphatic rings. The lowest BCUT2D eigenvalue weighted by Gasteiger charge is -2.33. The van der Waals surface area contributed by atoms with E-state index in [1.807, 2.05) is 48.5 Å². The average Bonchev–Trinajstić information content (AvgIpc) is 2.93. The molecule has 0 bridgehead atoms. The van der Waals surface area contributed by atoms with Crippen molar-refractivity contribution in [3.8, 4) is 0 Å². The van der Waals surface area contributed by atoms with Crippen LogP contribution in [0.1, 0.15) is 47.7 Å². The van der Waals surface area contributed by atoms with Gasteiger partial charge in [0.25, 0.3) is 11.8 Å². The smallest absolute Gasteiger partial charge is 0.265 e. The van der Waals surface area contributed by atoms with Gasteiger partial charge in [-0.2, -0.15) is 0 Å². The van der Waals surface area contributed by atoms with Gasteiger partial charge < -0.3 is 10.2 Å². The van der Waals surface area contributed by atoms with E-state index in [0.29, 0.717) is 28.7 Å². The van der Waals surface area contributed by atoms with E-state index >= 15 is 0 Å². The fraction of sp³-hybridized carbons (Fsp3) is 0.290. The third-order valence-electron chi connectivity index (χ3n) is 7.16. The summed E-state index contributed by atoms with van der Waals surface area (Å²) in [5.74, 6) is -0.619. The molecule has 196 valence electrons. The SMILES string of the molecule is C[C@H]1CCCCN1CCNC(=O)c1ccc2c(c1)N(Cc1ccc(F)cc1)C(=O)/C(=C/c1ccccc1)S2. The van der Waals surface area contributed by atoms with Gasteiger partial charge in [-0.3, -0.25) is 14.5 Å². The highest BCUT2D eigenvalue weighted by atomic mass is 32.2. The number of halogens is 1. The van der Waals surface area contributed by atoms with Crippen LogP contribution in [-0.4, -0.2) is 42.4 Å². The number of thioether (sulfide) groups is 1. The van der Waals surface area contributed by atoms with Crippen molar-refractivity contribution in [3.05, 3.63) is 100 Å². The van der Waals surface area contributed by atoms with E-state index in [9.17, 15) is 14.0 Å². The van der Waals surface area contributed by atoms with Crippen LogP contribution in [0.15, 0.2) is 82.6 Å². The molecule has 0 saturated carbocycles. The third-order valence-corrected chi connectivity index (χ3v) is 8.24. The quantitative estimate of drug-likeness (QED) is 0.375. The normalized spacial score (nSPS) is 18.9. The van der Waals surface area contributed by atoms with Crippen molar-refractivity contribution in [2.75, 3.05) is 24.5 Å². The maximum atomic E-state index is 13.7. The summed E-state index contributed by atoms with van der Waals surface area (Å²) in [6, 6.07) is 21.9. The number of anilines is 1. The first-order valence-corrected chi connectivity index (χ1v) is 14.0. The van der Waals surface area contributed by atoms with Crippen molar-refractivity contribution >= 4 is 35.3 Å². The van der Waals surface area contributed by atoms with Gasteiger partial charge in [-0.25, -0.2) is 4.39 Å². The summed E-state index contributed by atoms with van der Waals surface area (Å²) >= 11 is 1.41. The van der Waals surface area contributed by atoms with Gasteiger partial charge in [-0.15, -0.1) is 0 Å². The fourth-order valence-electron chi connectivity index (χ4n) is 4.99. The molecule has 5 rings (SSSR count). The van der Waals surface area contributed by atoms with Crippen LogP contribution in [0.4, 0.5) is 10.1 Å². The Morgan fingerprint density at radius 1 is 1.08 bits per heavy atom. The molecule has 2 amide bonds. The zero-order chi connectivity index (χ0) is 26.5. The lowest BCUT2D eigenvalue weighted by atomic mass is 10.0. The Labute approximate surface area is 227 Å². The van der Waals surface area contributed by atoms with E-state index in [1.54, 1.807) is 23.1 Å². The molecule has 0 unspecified atom stereocenters. The first-order valence-electron chi connectivity index (χ1n) is 13.1. The number of hydrogen-bond donors (Lipinski definition) is 1. The molecule has 2 aliphatic heterocycles. The molecule has 7 heteroatoms. The van der Waals surface area contributed by atoms with Crippen LogP contribution in [0.3, 0.4) is 0 Å². The van der Waals surface area contributed by atoms with Crippen LogP contribution < -0.4 is 10.2 Å². The average molecular weight is 530 g/mol. The zero-order valence-electron chi connectivity index (χ0n) is 21.5. The number of piperidine rings is 1. The number of nitrogens with zero attached hydrogens (tertiary/aromatic N) is 2. The van der Waals surface area contributed by atoms with Crippen LogP contribution >= 0.6 is 11.8 Å².